The maximum atomic E-state index is 14.8. The molecule has 0 bridgehead atoms. The number of carbonyl (C=O) groups excluding carboxylic acids is 2. The maximum absolute atomic E-state index is 14.8. The van der Waals surface area contributed by atoms with Crippen LogP contribution in [0.3, 0.4) is 0 Å². The first-order chi connectivity index (χ1) is 15.0. The van der Waals surface area contributed by atoms with Gasteiger partial charge in [-0.05, 0) is 53.1 Å². The highest BCUT2D eigenvalue weighted by Crippen LogP contribution is 2.32. The van der Waals surface area contributed by atoms with E-state index in [1.165, 1.54) is 17.0 Å². The van der Waals surface area contributed by atoms with Crippen LogP contribution in [0, 0.1) is 11.6 Å². The van der Waals surface area contributed by atoms with E-state index in [-0.39, 0.29) is 36.9 Å². The van der Waals surface area contributed by atoms with Crippen molar-refractivity contribution in [3.8, 4) is 11.1 Å². The molecule has 0 fully saturated rings. The van der Waals surface area contributed by atoms with E-state index < -0.39 is 11.6 Å². The molecule has 2 amide bonds. The number of pyridine rings is 1. The van der Waals surface area contributed by atoms with E-state index in [0.717, 1.165) is 11.3 Å². The molecule has 5 nitrogen and oxygen atoms in total. The van der Waals surface area contributed by atoms with Gasteiger partial charge in [0, 0.05) is 17.4 Å². The fourth-order valence-electron chi connectivity index (χ4n) is 3.83. The molecule has 0 aliphatic carbocycles. The van der Waals surface area contributed by atoms with Gasteiger partial charge in [0.05, 0.1) is 30.8 Å². The fraction of sp³-hybridized carbons (Fsp3) is 0.208. The predicted molar refractivity (Wildman–Crippen MR) is 113 cm³/mol. The number of nitrogens with zero attached hydrogens (tertiary/aromatic N) is 2. The molecule has 1 N–H and O–H groups in total. The monoisotopic (exact) mass is 421 g/mol. The van der Waals surface area contributed by atoms with Crippen molar-refractivity contribution in [2.45, 2.75) is 33.4 Å². The van der Waals surface area contributed by atoms with Gasteiger partial charge in [-0.25, -0.2) is 8.78 Å². The molecule has 2 aliphatic rings. The van der Waals surface area contributed by atoms with Gasteiger partial charge in [-0.3, -0.25) is 14.6 Å². The zero-order chi connectivity index (χ0) is 22.1. The molecule has 1 aromatic heterocycles. The summed E-state index contributed by atoms with van der Waals surface area (Å²) in [5.41, 5.74) is 3.43. The molecule has 2 aromatic carbocycles. The predicted octanol–water partition coefficient (Wildman–Crippen LogP) is 4.70. The number of benzene rings is 2. The topological polar surface area (TPSA) is 62.3 Å². The highest BCUT2D eigenvalue weighted by molar-refractivity contribution is 5.99. The van der Waals surface area contributed by atoms with Crippen molar-refractivity contribution in [1.29, 1.82) is 0 Å². The summed E-state index contributed by atoms with van der Waals surface area (Å²) in [6.45, 7) is 4.05. The summed E-state index contributed by atoms with van der Waals surface area (Å²) >= 11 is 0. The Kier molecular flexibility index (Phi) is 5.50. The van der Waals surface area contributed by atoms with Crippen LogP contribution < -0.4 is 5.32 Å². The van der Waals surface area contributed by atoms with Gasteiger partial charge in [-0.2, -0.15) is 0 Å². The number of fused-ring (bicyclic) bond motifs is 2. The van der Waals surface area contributed by atoms with Crippen LogP contribution in [0.1, 0.15) is 41.0 Å². The van der Waals surface area contributed by atoms with E-state index in [2.05, 4.69) is 10.3 Å². The molecule has 0 radical (unpaired) electrons. The minimum Gasteiger partial charge on any atom is -0.328 e. The average molecular weight is 421 g/mol. The van der Waals surface area contributed by atoms with Crippen LogP contribution in [-0.4, -0.2) is 21.7 Å². The minimum atomic E-state index is -0.716. The molecule has 5 rings (SSSR count). The Morgan fingerprint density at radius 1 is 1.03 bits per heavy atom. The number of aromatic nitrogens is 1. The summed E-state index contributed by atoms with van der Waals surface area (Å²) in [5, 5.41) is 2.73. The zero-order valence-electron chi connectivity index (χ0n) is 17.2. The van der Waals surface area contributed by atoms with E-state index in [0.29, 0.717) is 22.4 Å². The van der Waals surface area contributed by atoms with Crippen molar-refractivity contribution in [2.24, 2.45) is 0 Å². The SMILES string of the molecule is CC.O=C1Cc2cc(-c3cc(F)c(CN4Cc5ncccc5C4=O)c(F)c3)ccc2N1. The second-order valence-corrected chi connectivity index (χ2v) is 7.17. The number of halogens is 2. The largest absolute Gasteiger partial charge is 0.328 e. The molecular weight excluding hydrogens is 400 g/mol. The number of rotatable bonds is 3. The van der Waals surface area contributed by atoms with Gasteiger partial charge >= 0.3 is 0 Å². The lowest BCUT2D eigenvalue weighted by Gasteiger charge is -2.17. The van der Waals surface area contributed by atoms with Crippen LogP contribution in [0.2, 0.25) is 0 Å². The van der Waals surface area contributed by atoms with Gasteiger partial charge in [-0.1, -0.05) is 19.9 Å². The molecule has 2 aliphatic heterocycles. The van der Waals surface area contributed by atoms with Gasteiger partial charge in [0.15, 0.2) is 0 Å². The number of anilines is 1. The molecule has 0 unspecified atom stereocenters. The average Bonchev–Trinajstić information content (AvgIpc) is 3.30. The van der Waals surface area contributed by atoms with E-state index in [1.807, 2.05) is 13.8 Å². The maximum Gasteiger partial charge on any atom is 0.256 e. The lowest BCUT2D eigenvalue weighted by atomic mass is 9.99. The molecule has 7 heteroatoms. The van der Waals surface area contributed by atoms with Gasteiger partial charge in [0.2, 0.25) is 5.91 Å². The van der Waals surface area contributed by atoms with Crippen LogP contribution in [0.25, 0.3) is 11.1 Å². The number of hydrogen-bond acceptors (Lipinski definition) is 3. The van der Waals surface area contributed by atoms with Crippen LogP contribution in [0.4, 0.5) is 14.5 Å². The number of hydrogen-bond donors (Lipinski definition) is 1. The van der Waals surface area contributed by atoms with Crippen LogP contribution >= 0.6 is 0 Å². The van der Waals surface area contributed by atoms with Crippen molar-refractivity contribution in [1.82, 2.24) is 9.88 Å². The molecule has 0 saturated heterocycles. The van der Waals surface area contributed by atoms with Gasteiger partial charge in [0.1, 0.15) is 11.6 Å². The fourth-order valence-corrected chi connectivity index (χ4v) is 3.83. The second-order valence-electron chi connectivity index (χ2n) is 7.17. The van der Waals surface area contributed by atoms with E-state index >= 15 is 0 Å². The van der Waals surface area contributed by atoms with Crippen LogP contribution in [0.15, 0.2) is 48.7 Å². The quantitative estimate of drug-likeness (QED) is 0.667. The third-order valence-corrected chi connectivity index (χ3v) is 5.30. The van der Waals surface area contributed by atoms with Crippen molar-refractivity contribution in [3.63, 3.8) is 0 Å². The summed E-state index contributed by atoms with van der Waals surface area (Å²) < 4.78 is 29.6. The first-order valence-corrected chi connectivity index (χ1v) is 10.1. The Balaban J connectivity index is 0.00000112. The molecule has 0 saturated carbocycles. The van der Waals surface area contributed by atoms with Gasteiger partial charge in [0.25, 0.3) is 5.91 Å². The summed E-state index contributed by atoms with van der Waals surface area (Å²) in [7, 11) is 0. The molecule has 3 aromatic rings. The number of amides is 2. The van der Waals surface area contributed by atoms with E-state index in [4.69, 9.17) is 0 Å². The summed E-state index contributed by atoms with van der Waals surface area (Å²) in [4.78, 5) is 29.5. The zero-order valence-corrected chi connectivity index (χ0v) is 17.2. The minimum absolute atomic E-state index is 0.101. The Labute approximate surface area is 178 Å². The standard InChI is InChI=1S/C22H15F2N3O2.C2H6/c23-17-7-13(12-3-4-19-14(6-12)9-21(28)26-19)8-18(24)16(17)10-27-11-20-15(22(27)29)2-1-5-25-20;1-2/h1-8H,9-11H2,(H,26,28);1-2H3. The Hall–Kier alpha value is -3.61. The third kappa shape index (κ3) is 3.79. The lowest BCUT2D eigenvalue weighted by molar-refractivity contribution is -0.115. The van der Waals surface area contributed by atoms with Crippen LogP contribution in [-0.2, 0) is 24.3 Å². The third-order valence-electron chi connectivity index (χ3n) is 5.30. The molecule has 0 spiro atoms. The van der Waals surface area contributed by atoms with Crippen molar-refractivity contribution >= 4 is 17.5 Å². The second kappa shape index (κ2) is 8.26. The molecule has 0 atom stereocenters. The first-order valence-electron chi connectivity index (χ1n) is 10.1. The molecule has 31 heavy (non-hydrogen) atoms. The van der Waals surface area contributed by atoms with Crippen molar-refractivity contribution in [2.75, 3.05) is 5.32 Å². The normalized spacial score (nSPS) is 14.0. The van der Waals surface area contributed by atoms with Gasteiger partial charge < -0.3 is 10.2 Å². The Morgan fingerprint density at radius 3 is 2.48 bits per heavy atom. The Bertz CT molecular complexity index is 1170. The smallest absolute Gasteiger partial charge is 0.256 e. The first kappa shape index (κ1) is 20.7. The molecular formula is C24H21F2N3O2. The van der Waals surface area contributed by atoms with Crippen molar-refractivity contribution < 1.29 is 18.4 Å². The highest BCUT2D eigenvalue weighted by Gasteiger charge is 2.29. The van der Waals surface area contributed by atoms with Crippen LogP contribution in [0.5, 0.6) is 0 Å². The summed E-state index contributed by atoms with van der Waals surface area (Å²) in [5.74, 6) is -1.82. The number of nitrogens with one attached hydrogen (secondary N) is 1. The number of carbonyl (C=O) groups is 2. The lowest BCUT2D eigenvalue weighted by Crippen LogP contribution is -2.24. The van der Waals surface area contributed by atoms with Crippen molar-refractivity contribution in [3.05, 3.63) is 82.7 Å². The molecule has 3 heterocycles. The van der Waals surface area contributed by atoms with Gasteiger partial charge in [-0.15, -0.1) is 0 Å². The molecule has 158 valence electrons. The highest BCUT2D eigenvalue weighted by atomic mass is 19.1. The summed E-state index contributed by atoms with van der Waals surface area (Å²) in [6.07, 6.45) is 1.84. The van der Waals surface area contributed by atoms with E-state index in [1.54, 1.807) is 36.5 Å². The Morgan fingerprint density at radius 2 is 1.77 bits per heavy atom. The van der Waals surface area contributed by atoms with E-state index in [9.17, 15) is 18.4 Å². The summed E-state index contributed by atoms with van der Waals surface area (Å²) in [6, 6.07) is 11.0.